The van der Waals surface area contributed by atoms with Gasteiger partial charge in [0.2, 0.25) is 0 Å². The van der Waals surface area contributed by atoms with Gasteiger partial charge in [-0.25, -0.2) is 0 Å². The van der Waals surface area contributed by atoms with Crippen molar-refractivity contribution >= 4 is 17.5 Å². The van der Waals surface area contributed by atoms with Gasteiger partial charge in [0.25, 0.3) is 0 Å². The van der Waals surface area contributed by atoms with Crippen molar-refractivity contribution in [2.24, 2.45) is 11.8 Å². The number of hydrogen-bond donors (Lipinski definition) is 1. The standard InChI is InChI=1S/C16H18O5/c1-20-15(18)12-8-11(10-6-4-3-5-7-10)14(17)9-13(12)16(19)21-2/h3-8,12-14,17H,9H2,1-2H3/t12-,13-,14-/m0/s1. The number of rotatable bonds is 3. The van der Waals surface area contributed by atoms with Gasteiger partial charge in [-0.05, 0) is 17.6 Å². The lowest BCUT2D eigenvalue weighted by Gasteiger charge is -2.30. The normalized spacial score (nSPS) is 24.9. The number of carbonyl (C=O) groups is 2. The minimum atomic E-state index is -0.822. The van der Waals surface area contributed by atoms with E-state index in [0.29, 0.717) is 5.57 Å². The predicted molar refractivity (Wildman–Crippen MR) is 76.1 cm³/mol. The molecular weight excluding hydrogens is 272 g/mol. The molecule has 0 fully saturated rings. The molecule has 0 aromatic heterocycles. The number of aliphatic hydroxyl groups is 1. The summed E-state index contributed by atoms with van der Waals surface area (Å²) in [6.45, 7) is 0. The summed E-state index contributed by atoms with van der Waals surface area (Å²) in [7, 11) is 2.54. The van der Waals surface area contributed by atoms with Gasteiger partial charge in [0, 0.05) is 0 Å². The lowest BCUT2D eigenvalue weighted by atomic mass is 9.77. The number of methoxy groups -OCH3 is 2. The molecule has 1 aromatic carbocycles. The Labute approximate surface area is 123 Å². The lowest BCUT2D eigenvalue weighted by Crippen LogP contribution is -2.37. The maximum atomic E-state index is 11.9. The third-order valence-corrected chi connectivity index (χ3v) is 3.71. The molecule has 5 nitrogen and oxygen atoms in total. The maximum Gasteiger partial charge on any atom is 0.313 e. The molecule has 0 saturated heterocycles. The van der Waals surface area contributed by atoms with Crippen molar-refractivity contribution in [3.8, 4) is 0 Å². The van der Waals surface area contributed by atoms with Crippen LogP contribution in [0.4, 0.5) is 0 Å². The van der Waals surface area contributed by atoms with Gasteiger partial charge in [-0.2, -0.15) is 0 Å². The van der Waals surface area contributed by atoms with Crippen molar-refractivity contribution in [1.82, 2.24) is 0 Å². The van der Waals surface area contributed by atoms with Gasteiger partial charge >= 0.3 is 11.9 Å². The zero-order chi connectivity index (χ0) is 15.4. The quantitative estimate of drug-likeness (QED) is 0.852. The largest absolute Gasteiger partial charge is 0.469 e. The van der Waals surface area contributed by atoms with E-state index < -0.39 is 29.9 Å². The number of benzene rings is 1. The molecule has 0 heterocycles. The van der Waals surface area contributed by atoms with Crippen molar-refractivity contribution in [3.63, 3.8) is 0 Å². The fourth-order valence-electron chi connectivity index (χ4n) is 2.62. The highest BCUT2D eigenvalue weighted by Crippen LogP contribution is 2.35. The maximum absolute atomic E-state index is 11.9. The molecule has 1 aliphatic rings. The van der Waals surface area contributed by atoms with Crippen LogP contribution in [0, 0.1) is 11.8 Å². The molecule has 1 N–H and O–H groups in total. The average Bonchev–Trinajstić information content (AvgIpc) is 2.53. The highest BCUT2D eigenvalue weighted by molar-refractivity contribution is 5.87. The number of esters is 2. The van der Waals surface area contributed by atoms with Gasteiger partial charge < -0.3 is 14.6 Å². The third-order valence-electron chi connectivity index (χ3n) is 3.71. The SMILES string of the molecule is COC(=O)[C@H]1C=C(c2ccccc2)[C@@H](O)C[C@@H]1C(=O)OC. The summed E-state index contributed by atoms with van der Waals surface area (Å²) in [5, 5.41) is 10.3. The van der Waals surface area contributed by atoms with E-state index in [4.69, 9.17) is 9.47 Å². The van der Waals surface area contributed by atoms with Crippen LogP contribution in [0.3, 0.4) is 0 Å². The van der Waals surface area contributed by atoms with E-state index in [9.17, 15) is 14.7 Å². The Bertz CT molecular complexity index is 549. The number of carbonyl (C=O) groups excluding carboxylic acids is 2. The van der Waals surface area contributed by atoms with Crippen LogP contribution in [0.5, 0.6) is 0 Å². The minimum Gasteiger partial charge on any atom is -0.469 e. The molecule has 0 unspecified atom stereocenters. The van der Waals surface area contributed by atoms with Gasteiger partial charge in [-0.1, -0.05) is 36.4 Å². The van der Waals surface area contributed by atoms with Crippen LogP contribution in [0.25, 0.3) is 5.57 Å². The molecule has 1 aromatic rings. The van der Waals surface area contributed by atoms with Crippen LogP contribution in [0.1, 0.15) is 12.0 Å². The van der Waals surface area contributed by atoms with Crippen molar-refractivity contribution in [3.05, 3.63) is 42.0 Å². The third kappa shape index (κ3) is 3.13. The highest BCUT2D eigenvalue weighted by atomic mass is 16.5. The number of ether oxygens (including phenoxy) is 2. The van der Waals surface area contributed by atoms with Crippen molar-refractivity contribution in [2.75, 3.05) is 14.2 Å². The predicted octanol–water partition coefficient (Wildman–Crippen LogP) is 1.41. The van der Waals surface area contributed by atoms with Gasteiger partial charge in [0.05, 0.1) is 32.2 Å². The Morgan fingerprint density at radius 3 is 2.29 bits per heavy atom. The topological polar surface area (TPSA) is 72.8 Å². The number of hydrogen-bond acceptors (Lipinski definition) is 5. The molecule has 0 bridgehead atoms. The second kappa shape index (κ2) is 6.54. The Kier molecular flexibility index (Phi) is 4.75. The molecule has 1 aliphatic carbocycles. The van der Waals surface area contributed by atoms with Crippen LogP contribution in [-0.4, -0.2) is 37.4 Å². The molecule has 2 rings (SSSR count). The lowest BCUT2D eigenvalue weighted by molar-refractivity contribution is -0.156. The van der Waals surface area contributed by atoms with E-state index in [1.54, 1.807) is 6.08 Å². The number of aliphatic hydroxyl groups excluding tert-OH is 1. The fourth-order valence-corrected chi connectivity index (χ4v) is 2.62. The zero-order valence-electron chi connectivity index (χ0n) is 12.0. The zero-order valence-corrected chi connectivity index (χ0v) is 12.0. The van der Waals surface area contributed by atoms with Crippen molar-refractivity contribution in [2.45, 2.75) is 12.5 Å². The summed E-state index contributed by atoms with van der Waals surface area (Å²) in [6.07, 6.45) is 0.918. The van der Waals surface area contributed by atoms with Crippen molar-refractivity contribution < 1.29 is 24.2 Å². The second-order valence-corrected chi connectivity index (χ2v) is 4.92. The molecule has 0 aliphatic heterocycles. The molecular formula is C16H18O5. The van der Waals surface area contributed by atoms with E-state index in [1.807, 2.05) is 30.3 Å². The Morgan fingerprint density at radius 1 is 1.10 bits per heavy atom. The summed E-state index contributed by atoms with van der Waals surface area (Å²) in [5.41, 5.74) is 1.45. The van der Waals surface area contributed by atoms with Crippen LogP contribution in [0.15, 0.2) is 36.4 Å². The second-order valence-electron chi connectivity index (χ2n) is 4.92. The monoisotopic (exact) mass is 290 g/mol. The van der Waals surface area contributed by atoms with E-state index >= 15 is 0 Å². The summed E-state index contributed by atoms with van der Waals surface area (Å²) in [4.78, 5) is 23.7. The van der Waals surface area contributed by atoms with E-state index in [0.717, 1.165) is 5.56 Å². The van der Waals surface area contributed by atoms with Gasteiger partial charge in [-0.15, -0.1) is 0 Å². The van der Waals surface area contributed by atoms with E-state index in [1.165, 1.54) is 14.2 Å². The molecule has 0 saturated carbocycles. The Morgan fingerprint density at radius 2 is 1.71 bits per heavy atom. The fraction of sp³-hybridized carbons (Fsp3) is 0.375. The van der Waals surface area contributed by atoms with Gasteiger partial charge in [-0.3, -0.25) is 9.59 Å². The molecule has 5 heteroatoms. The molecule has 0 radical (unpaired) electrons. The average molecular weight is 290 g/mol. The summed E-state index contributed by atoms with van der Waals surface area (Å²) in [5.74, 6) is -2.51. The first-order valence-corrected chi connectivity index (χ1v) is 6.69. The van der Waals surface area contributed by atoms with E-state index in [-0.39, 0.29) is 6.42 Å². The molecule has 3 atom stereocenters. The van der Waals surface area contributed by atoms with Gasteiger partial charge in [0.15, 0.2) is 0 Å². The Hall–Kier alpha value is -2.14. The minimum absolute atomic E-state index is 0.132. The van der Waals surface area contributed by atoms with Crippen molar-refractivity contribution in [1.29, 1.82) is 0 Å². The summed E-state index contributed by atoms with van der Waals surface area (Å²) >= 11 is 0. The van der Waals surface area contributed by atoms with E-state index in [2.05, 4.69) is 0 Å². The summed E-state index contributed by atoms with van der Waals surface area (Å²) < 4.78 is 9.48. The van der Waals surface area contributed by atoms with Gasteiger partial charge in [0.1, 0.15) is 0 Å². The smallest absolute Gasteiger partial charge is 0.313 e. The Balaban J connectivity index is 2.41. The first-order chi connectivity index (χ1) is 10.1. The molecule has 0 spiro atoms. The first kappa shape index (κ1) is 15.3. The first-order valence-electron chi connectivity index (χ1n) is 6.69. The highest BCUT2D eigenvalue weighted by Gasteiger charge is 2.40. The molecule has 112 valence electrons. The van der Waals surface area contributed by atoms with Crippen LogP contribution in [0.2, 0.25) is 0 Å². The van der Waals surface area contributed by atoms with Crippen LogP contribution < -0.4 is 0 Å². The molecule has 0 amide bonds. The van der Waals surface area contributed by atoms with Crippen LogP contribution >= 0.6 is 0 Å². The van der Waals surface area contributed by atoms with Crippen LogP contribution in [-0.2, 0) is 19.1 Å². The summed E-state index contributed by atoms with van der Waals surface area (Å²) in [6, 6.07) is 9.27. The molecule has 21 heavy (non-hydrogen) atoms.